The Balaban J connectivity index is 2.42. The average Bonchev–Trinajstić information content (AvgIpc) is 2.16. The van der Waals surface area contributed by atoms with Gasteiger partial charge in [-0.15, -0.1) is 0 Å². The number of hydrogen-bond acceptors (Lipinski definition) is 1. The van der Waals surface area contributed by atoms with Crippen LogP contribution in [0.15, 0.2) is 11.6 Å². The van der Waals surface area contributed by atoms with E-state index >= 15 is 0 Å². The monoisotopic (exact) mass is 149 g/mol. The summed E-state index contributed by atoms with van der Waals surface area (Å²) in [5.41, 5.74) is 1.01. The Morgan fingerprint density at radius 3 is 2.64 bits per heavy atom. The van der Waals surface area contributed by atoms with Gasteiger partial charge in [0, 0.05) is 5.57 Å². The van der Waals surface area contributed by atoms with Crippen molar-refractivity contribution in [3.8, 4) is 6.07 Å². The number of allylic oxidation sites excluding steroid dienone is 2. The Hall–Kier alpha value is -0.770. The first-order valence-electron chi connectivity index (χ1n) is 4.52. The van der Waals surface area contributed by atoms with Crippen LogP contribution in [0.1, 0.15) is 44.9 Å². The average molecular weight is 149 g/mol. The fraction of sp³-hybridized carbons (Fsp3) is 0.700. The molecular formula is C10H15N. The zero-order valence-electron chi connectivity index (χ0n) is 6.97. The molecule has 1 aliphatic rings. The third-order valence-corrected chi connectivity index (χ3v) is 2.18. The second-order valence-corrected chi connectivity index (χ2v) is 3.15. The summed E-state index contributed by atoms with van der Waals surface area (Å²) in [6.45, 7) is 0. The van der Waals surface area contributed by atoms with Crippen molar-refractivity contribution >= 4 is 0 Å². The maximum Gasteiger partial charge on any atom is 0.0943 e. The van der Waals surface area contributed by atoms with Gasteiger partial charge in [0.05, 0.1) is 6.07 Å². The maximum absolute atomic E-state index is 8.68. The Morgan fingerprint density at radius 1 is 1.09 bits per heavy atom. The van der Waals surface area contributed by atoms with Crippen LogP contribution in [0.4, 0.5) is 0 Å². The molecule has 0 atom stereocenters. The van der Waals surface area contributed by atoms with Gasteiger partial charge >= 0.3 is 0 Å². The molecule has 0 aromatic carbocycles. The molecule has 0 heterocycles. The summed E-state index contributed by atoms with van der Waals surface area (Å²) in [7, 11) is 0. The molecule has 0 saturated heterocycles. The highest BCUT2D eigenvalue weighted by Gasteiger charge is 1.98. The molecular weight excluding hydrogens is 134 g/mol. The van der Waals surface area contributed by atoms with Crippen LogP contribution in [-0.2, 0) is 0 Å². The quantitative estimate of drug-likeness (QED) is 0.519. The second kappa shape index (κ2) is 4.96. The third kappa shape index (κ3) is 3.23. The third-order valence-electron chi connectivity index (χ3n) is 2.18. The SMILES string of the molecule is N#CC1=CCCCCCCC1. The normalized spacial score (nSPS) is 20.5. The first-order valence-corrected chi connectivity index (χ1v) is 4.52. The molecule has 60 valence electrons. The molecule has 1 rings (SSSR count). The van der Waals surface area contributed by atoms with Crippen LogP contribution in [0.5, 0.6) is 0 Å². The fourth-order valence-corrected chi connectivity index (χ4v) is 1.47. The molecule has 1 aliphatic carbocycles. The van der Waals surface area contributed by atoms with E-state index in [2.05, 4.69) is 12.1 Å². The van der Waals surface area contributed by atoms with Gasteiger partial charge in [0.25, 0.3) is 0 Å². The lowest BCUT2D eigenvalue weighted by Gasteiger charge is -1.95. The van der Waals surface area contributed by atoms with E-state index in [-0.39, 0.29) is 0 Å². The minimum atomic E-state index is 1.01. The lowest BCUT2D eigenvalue weighted by molar-refractivity contribution is 0.630. The topological polar surface area (TPSA) is 23.8 Å². The lowest BCUT2D eigenvalue weighted by Crippen LogP contribution is -1.79. The minimum absolute atomic E-state index is 1.01. The zero-order chi connectivity index (χ0) is 7.94. The van der Waals surface area contributed by atoms with Gasteiger partial charge in [-0.05, 0) is 25.7 Å². The van der Waals surface area contributed by atoms with Crippen LogP contribution >= 0.6 is 0 Å². The smallest absolute Gasteiger partial charge is 0.0943 e. The summed E-state index contributed by atoms with van der Waals surface area (Å²) in [5.74, 6) is 0. The highest BCUT2D eigenvalue weighted by atomic mass is 14.2. The molecule has 0 spiro atoms. The van der Waals surface area contributed by atoms with E-state index < -0.39 is 0 Å². The maximum atomic E-state index is 8.68. The first-order chi connectivity index (χ1) is 5.43. The molecule has 0 radical (unpaired) electrons. The lowest BCUT2D eigenvalue weighted by atomic mass is 10.1. The van der Waals surface area contributed by atoms with Crippen LogP contribution in [0, 0.1) is 11.3 Å². The molecule has 0 amide bonds. The van der Waals surface area contributed by atoms with Gasteiger partial charge in [0.2, 0.25) is 0 Å². The summed E-state index contributed by atoms with van der Waals surface area (Å²) >= 11 is 0. The van der Waals surface area contributed by atoms with E-state index in [9.17, 15) is 0 Å². The van der Waals surface area contributed by atoms with Crippen molar-refractivity contribution < 1.29 is 0 Å². The van der Waals surface area contributed by atoms with Gasteiger partial charge in [-0.3, -0.25) is 0 Å². The predicted octanol–water partition coefficient (Wildman–Crippen LogP) is 3.18. The van der Waals surface area contributed by atoms with Crippen molar-refractivity contribution in [3.05, 3.63) is 11.6 Å². The van der Waals surface area contributed by atoms with Gasteiger partial charge in [0.1, 0.15) is 0 Å². The van der Waals surface area contributed by atoms with Crippen LogP contribution in [0.2, 0.25) is 0 Å². The number of rotatable bonds is 0. The summed E-state index contributed by atoms with van der Waals surface area (Å²) in [6, 6.07) is 2.26. The summed E-state index contributed by atoms with van der Waals surface area (Å²) in [6.07, 6.45) is 10.7. The van der Waals surface area contributed by atoms with Gasteiger partial charge in [-0.25, -0.2) is 0 Å². The van der Waals surface area contributed by atoms with Crippen molar-refractivity contribution in [2.24, 2.45) is 0 Å². The molecule has 1 heteroatoms. The highest BCUT2D eigenvalue weighted by Crippen LogP contribution is 2.15. The molecule has 0 saturated carbocycles. The number of hydrogen-bond donors (Lipinski definition) is 0. The molecule has 0 aromatic rings. The number of nitrogens with zero attached hydrogens (tertiary/aromatic N) is 1. The van der Waals surface area contributed by atoms with E-state index in [1.165, 1.54) is 32.1 Å². The molecule has 0 aliphatic heterocycles. The van der Waals surface area contributed by atoms with E-state index in [1.54, 1.807) is 0 Å². The van der Waals surface area contributed by atoms with E-state index in [0.717, 1.165) is 18.4 Å². The van der Waals surface area contributed by atoms with Gasteiger partial charge in [0.15, 0.2) is 0 Å². The Kier molecular flexibility index (Phi) is 3.75. The van der Waals surface area contributed by atoms with Crippen LogP contribution in [-0.4, -0.2) is 0 Å². The van der Waals surface area contributed by atoms with Crippen molar-refractivity contribution in [2.75, 3.05) is 0 Å². The van der Waals surface area contributed by atoms with Crippen LogP contribution < -0.4 is 0 Å². The minimum Gasteiger partial charge on any atom is -0.193 e. The van der Waals surface area contributed by atoms with Gasteiger partial charge in [-0.1, -0.05) is 25.3 Å². The Labute approximate surface area is 68.7 Å². The summed E-state index contributed by atoms with van der Waals surface area (Å²) in [4.78, 5) is 0. The molecule has 0 bridgehead atoms. The summed E-state index contributed by atoms with van der Waals surface area (Å²) in [5, 5.41) is 8.68. The molecule has 11 heavy (non-hydrogen) atoms. The van der Waals surface area contributed by atoms with Crippen LogP contribution in [0.25, 0.3) is 0 Å². The van der Waals surface area contributed by atoms with Gasteiger partial charge in [-0.2, -0.15) is 5.26 Å². The van der Waals surface area contributed by atoms with Crippen molar-refractivity contribution in [3.63, 3.8) is 0 Å². The van der Waals surface area contributed by atoms with E-state index in [1.807, 2.05) is 0 Å². The fourth-order valence-electron chi connectivity index (χ4n) is 1.47. The first kappa shape index (κ1) is 8.33. The Bertz CT molecular complexity index is 174. The molecule has 0 fully saturated rings. The van der Waals surface area contributed by atoms with E-state index in [4.69, 9.17) is 5.26 Å². The van der Waals surface area contributed by atoms with Gasteiger partial charge < -0.3 is 0 Å². The zero-order valence-corrected chi connectivity index (χ0v) is 6.97. The largest absolute Gasteiger partial charge is 0.193 e. The predicted molar refractivity (Wildman–Crippen MR) is 46.0 cm³/mol. The van der Waals surface area contributed by atoms with E-state index in [0.29, 0.717) is 0 Å². The standard InChI is InChI=1S/C10H15N/c11-9-10-7-5-3-1-2-4-6-8-10/h7H,1-6,8H2. The molecule has 0 N–H and O–H groups in total. The molecule has 1 nitrogen and oxygen atoms in total. The molecule has 0 aromatic heterocycles. The molecule has 0 unspecified atom stereocenters. The van der Waals surface area contributed by atoms with Crippen molar-refractivity contribution in [2.45, 2.75) is 44.9 Å². The van der Waals surface area contributed by atoms with Crippen LogP contribution in [0.3, 0.4) is 0 Å². The summed E-state index contributed by atoms with van der Waals surface area (Å²) < 4.78 is 0. The Morgan fingerprint density at radius 2 is 1.82 bits per heavy atom. The highest BCUT2D eigenvalue weighted by molar-refractivity contribution is 5.20. The van der Waals surface area contributed by atoms with Crippen molar-refractivity contribution in [1.82, 2.24) is 0 Å². The van der Waals surface area contributed by atoms with Crippen molar-refractivity contribution in [1.29, 1.82) is 5.26 Å². The second-order valence-electron chi connectivity index (χ2n) is 3.15. The number of nitriles is 1.